The Morgan fingerprint density at radius 2 is 1.97 bits per heavy atom. The molecule has 156 valence electrons. The first-order valence-corrected chi connectivity index (χ1v) is 11.2. The average molecular weight is 414 g/mol. The summed E-state index contributed by atoms with van der Waals surface area (Å²) in [4.78, 5) is 26.3. The number of aryl methyl sites for hydroxylation is 1. The second kappa shape index (κ2) is 9.12. The Hall–Kier alpha value is -2.14. The van der Waals surface area contributed by atoms with Crippen LogP contribution in [0.3, 0.4) is 0 Å². The van der Waals surface area contributed by atoms with Crippen LogP contribution in [-0.4, -0.2) is 19.0 Å². The fourth-order valence-electron chi connectivity index (χ4n) is 4.04. The lowest BCUT2D eigenvalue weighted by atomic mass is 9.69. The fourth-order valence-corrected chi connectivity index (χ4v) is 5.37. The van der Waals surface area contributed by atoms with Gasteiger partial charge in [0.25, 0.3) is 0 Å². The molecule has 1 aliphatic carbocycles. The molecule has 0 saturated carbocycles. The Kier molecular flexibility index (Phi) is 6.78. The van der Waals surface area contributed by atoms with Crippen LogP contribution < -0.4 is 5.32 Å². The lowest BCUT2D eigenvalue weighted by molar-refractivity contribution is -0.116. The number of fused-ring (bicyclic) bond motifs is 1. The Morgan fingerprint density at radius 3 is 2.62 bits per heavy atom. The van der Waals surface area contributed by atoms with E-state index in [0.29, 0.717) is 29.3 Å². The van der Waals surface area contributed by atoms with Gasteiger partial charge in [-0.3, -0.25) is 4.79 Å². The third-order valence-corrected chi connectivity index (χ3v) is 7.58. The molecule has 0 bridgehead atoms. The summed E-state index contributed by atoms with van der Waals surface area (Å²) >= 11 is 1.55. The monoisotopic (exact) mass is 413 g/mol. The molecule has 0 spiro atoms. The van der Waals surface area contributed by atoms with Crippen LogP contribution in [0.4, 0.5) is 5.00 Å². The molecule has 3 rings (SSSR count). The largest absolute Gasteiger partial charge is 0.465 e. The maximum absolute atomic E-state index is 12.6. The highest BCUT2D eigenvalue weighted by molar-refractivity contribution is 7.17. The number of hydrogen-bond acceptors (Lipinski definition) is 4. The van der Waals surface area contributed by atoms with Gasteiger partial charge < -0.3 is 10.1 Å². The first-order valence-electron chi connectivity index (χ1n) is 10.4. The second-order valence-electron chi connectivity index (χ2n) is 8.52. The number of benzene rings is 1. The number of carbonyl (C=O) groups is 2. The highest BCUT2D eigenvalue weighted by Crippen LogP contribution is 2.45. The molecule has 0 fully saturated rings. The van der Waals surface area contributed by atoms with Gasteiger partial charge in [-0.05, 0) is 48.1 Å². The number of esters is 1. The van der Waals surface area contributed by atoms with Crippen LogP contribution in [0, 0.1) is 11.3 Å². The van der Waals surface area contributed by atoms with Crippen LogP contribution in [0.5, 0.6) is 0 Å². The summed E-state index contributed by atoms with van der Waals surface area (Å²) in [5.74, 6) is 0.169. The molecule has 0 unspecified atom stereocenters. The van der Waals surface area contributed by atoms with Gasteiger partial charge in [-0.2, -0.15) is 0 Å². The zero-order valence-electron chi connectivity index (χ0n) is 17.8. The van der Waals surface area contributed by atoms with Gasteiger partial charge in [0, 0.05) is 11.3 Å². The third kappa shape index (κ3) is 4.89. The summed E-state index contributed by atoms with van der Waals surface area (Å²) in [5, 5.41) is 3.65. The van der Waals surface area contributed by atoms with Crippen LogP contribution in [-0.2, 0) is 28.8 Å². The number of carbonyl (C=O) groups excluding carboxylic acids is 2. The Bertz CT molecular complexity index is 870. The van der Waals surface area contributed by atoms with Crippen LogP contribution in [0.1, 0.15) is 66.4 Å². The molecule has 2 aromatic rings. The second-order valence-corrected chi connectivity index (χ2v) is 9.62. The molecule has 4 nitrogen and oxygen atoms in total. The van der Waals surface area contributed by atoms with Crippen LogP contribution in [0.2, 0.25) is 0 Å². The van der Waals surface area contributed by atoms with Crippen molar-refractivity contribution in [3.8, 4) is 0 Å². The molecule has 1 aromatic heterocycles. The predicted octanol–water partition coefficient (Wildman–Crippen LogP) is 5.65. The van der Waals surface area contributed by atoms with E-state index in [2.05, 4.69) is 26.1 Å². The number of amides is 1. The van der Waals surface area contributed by atoms with E-state index in [-0.39, 0.29) is 17.3 Å². The highest BCUT2D eigenvalue weighted by atomic mass is 32.1. The highest BCUT2D eigenvalue weighted by Gasteiger charge is 2.35. The zero-order valence-corrected chi connectivity index (χ0v) is 18.7. The average Bonchev–Trinajstić information content (AvgIpc) is 3.09. The van der Waals surface area contributed by atoms with Gasteiger partial charge in [0.1, 0.15) is 5.00 Å². The number of rotatable bonds is 7. The Labute approximate surface area is 177 Å². The Balaban J connectivity index is 1.78. The maximum Gasteiger partial charge on any atom is 0.341 e. The molecule has 1 atom stereocenters. The van der Waals surface area contributed by atoms with Crippen molar-refractivity contribution >= 4 is 28.2 Å². The predicted molar refractivity (Wildman–Crippen MR) is 119 cm³/mol. The molecule has 1 amide bonds. The quantitative estimate of drug-likeness (QED) is 0.597. The molecule has 5 heteroatoms. The molecular formula is C24H31NO3S. The summed E-state index contributed by atoms with van der Waals surface area (Å²) in [7, 11) is 1.40. The van der Waals surface area contributed by atoms with E-state index in [9.17, 15) is 9.59 Å². The molecule has 1 aromatic carbocycles. The van der Waals surface area contributed by atoms with Gasteiger partial charge in [0.15, 0.2) is 0 Å². The van der Waals surface area contributed by atoms with Crippen LogP contribution >= 0.6 is 11.3 Å². The molecule has 29 heavy (non-hydrogen) atoms. The van der Waals surface area contributed by atoms with Gasteiger partial charge in [0.05, 0.1) is 12.7 Å². The number of methoxy groups -OCH3 is 1. The SMILES string of the molecule is CCC(C)(C)[C@@H]1CCc2c(sc(NC(=O)CCc3ccccc3)c2C(=O)OC)C1. The van der Waals surface area contributed by atoms with Crippen molar-refractivity contribution in [2.24, 2.45) is 11.3 Å². The summed E-state index contributed by atoms with van der Waals surface area (Å²) in [6.45, 7) is 6.88. The smallest absolute Gasteiger partial charge is 0.341 e. The minimum absolute atomic E-state index is 0.0666. The maximum atomic E-state index is 12.6. The van der Waals surface area contributed by atoms with Crippen molar-refractivity contribution in [3.05, 3.63) is 51.9 Å². The first kappa shape index (κ1) is 21.6. The standard InChI is InChI=1S/C24H31NO3S/c1-5-24(2,3)17-12-13-18-19(15-17)29-22(21(18)23(27)28-4)25-20(26)14-11-16-9-7-6-8-10-16/h6-10,17H,5,11-15H2,1-4H3,(H,25,26)/t17-/m1/s1. The van der Waals surface area contributed by atoms with Crippen molar-refractivity contribution in [1.29, 1.82) is 0 Å². The molecule has 1 aliphatic rings. The number of nitrogens with one attached hydrogen (secondary N) is 1. The van der Waals surface area contributed by atoms with Crippen molar-refractivity contribution in [1.82, 2.24) is 0 Å². The third-order valence-electron chi connectivity index (χ3n) is 6.41. The van der Waals surface area contributed by atoms with Gasteiger partial charge >= 0.3 is 5.97 Å². The van der Waals surface area contributed by atoms with Crippen molar-refractivity contribution in [2.75, 3.05) is 12.4 Å². The fraction of sp³-hybridized carbons (Fsp3) is 0.500. The van der Waals surface area contributed by atoms with Crippen molar-refractivity contribution in [3.63, 3.8) is 0 Å². The van der Waals surface area contributed by atoms with Crippen molar-refractivity contribution in [2.45, 2.75) is 59.3 Å². The van der Waals surface area contributed by atoms with Gasteiger partial charge in [0.2, 0.25) is 5.91 Å². The van der Waals surface area contributed by atoms with E-state index in [4.69, 9.17) is 4.74 Å². The minimum atomic E-state index is -0.353. The number of hydrogen-bond donors (Lipinski definition) is 1. The van der Waals surface area contributed by atoms with E-state index in [0.717, 1.165) is 36.8 Å². The topological polar surface area (TPSA) is 55.4 Å². The Morgan fingerprint density at radius 1 is 1.24 bits per heavy atom. The van der Waals surface area contributed by atoms with Gasteiger partial charge in [-0.15, -0.1) is 11.3 Å². The number of thiophene rings is 1. The van der Waals surface area contributed by atoms with Gasteiger partial charge in [-0.1, -0.05) is 57.5 Å². The number of anilines is 1. The van der Waals surface area contributed by atoms with Crippen LogP contribution in [0.15, 0.2) is 30.3 Å². The number of ether oxygens (including phenoxy) is 1. The molecule has 0 saturated heterocycles. The molecule has 0 radical (unpaired) electrons. The summed E-state index contributed by atoms with van der Waals surface area (Å²) < 4.78 is 5.04. The summed E-state index contributed by atoms with van der Waals surface area (Å²) in [6, 6.07) is 9.96. The molecule has 1 heterocycles. The molecule has 1 N–H and O–H groups in total. The first-order chi connectivity index (χ1) is 13.9. The lowest BCUT2D eigenvalue weighted by Gasteiger charge is -2.36. The van der Waals surface area contributed by atoms with E-state index in [1.807, 2.05) is 30.3 Å². The minimum Gasteiger partial charge on any atom is -0.465 e. The van der Waals surface area contributed by atoms with Gasteiger partial charge in [-0.25, -0.2) is 4.79 Å². The molecule has 0 aliphatic heterocycles. The normalized spacial score (nSPS) is 16.2. The lowest BCUT2D eigenvalue weighted by Crippen LogP contribution is -2.28. The van der Waals surface area contributed by atoms with Crippen molar-refractivity contribution < 1.29 is 14.3 Å². The van der Waals surface area contributed by atoms with Crippen LogP contribution in [0.25, 0.3) is 0 Å². The summed E-state index contributed by atoms with van der Waals surface area (Å²) in [5.41, 5.74) is 3.04. The molecular weight excluding hydrogens is 382 g/mol. The summed E-state index contributed by atoms with van der Waals surface area (Å²) in [6.07, 6.45) is 5.09. The van der Waals surface area contributed by atoms with E-state index in [1.54, 1.807) is 11.3 Å². The van der Waals surface area contributed by atoms with E-state index < -0.39 is 0 Å². The zero-order chi connectivity index (χ0) is 21.0. The van der Waals surface area contributed by atoms with E-state index in [1.165, 1.54) is 12.0 Å². The van der Waals surface area contributed by atoms with E-state index >= 15 is 0 Å².